The van der Waals surface area contributed by atoms with E-state index in [2.05, 4.69) is 4.72 Å². The number of benzene rings is 1. The van der Waals surface area contributed by atoms with Crippen LogP contribution >= 0.6 is 0 Å². The number of nitrogens with one attached hydrogen (secondary N) is 1. The lowest BCUT2D eigenvalue weighted by atomic mass is 9.96. The van der Waals surface area contributed by atoms with Gasteiger partial charge < -0.3 is 10.0 Å². The Morgan fingerprint density at radius 2 is 1.90 bits per heavy atom. The molecule has 2 N–H and O–H groups in total. The highest BCUT2D eigenvalue weighted by molar-refractivity contribution is 7.89. The molecule has 1 amide bonds. The maximum Gasteiger partial charge on any atom is 0.254 e. The molecule has 2 rings (SSSR count). The number of β-amino-alcohol motifs (C(OH)–C–C–N with tert-alkyl or cyclic N) is 1. The first-order chi connectivity index (χ1) is 9.72. The van der Waals surface area contributed by atoms with Gasteiger partial charge in [-0.3, -0.25) is 4.79 Å². The minimum absolute atomic E-state index is 0.0401. The van der Waals surface area contributed by atoms with Crippen LogP contribution in [0.2, 0.25) is 0 Å². The topological polar surface area (TPSA) is 86.7 Å². The fourth-order valence-corrected chi connectivity index (χ4v) is 2.75. The molecule has 0 aliphatic carbocycles. The van der Waals surface area contributed by atoms with Crippen molar-refractivity contribution in [2.24, 2.45) is 0 Å². The summed E-state index contributed by atoms with van der Waals surface area (Å²) in [6.45, 7) is 4.16. The van der Waals surface area contributed by atoms with Crippen LogP contribution in [0.1, 0.15) is 29.8 Å². The average Bonchev–Trinajstić information content (AvgIpc) is 2.42. The van der Waals surface area contributed by atoms with E-state index < -0.39 is 15.6 Å². The monoisotopic (exact) mass is 312 g/mol. The third-order valence-electron chi connectivity index (χ3n) is 3.43. The van der Waals surface area contributed by atoms with Gasteiger partial charge in [0.15, 0.2) is 0 Å². The highest BCUT2D eigenvalue weighted by atomic mass is 32.2. The maximum absolute atomic E-state index is 12.1. The summed E-state index contributed by atoms with van der Waals surface area (Å²) in [6, 6.07) is 6.79. The van der Waals surface area contributed by atoms with Crippen LogP contribution in [0.4, 0.5) is 0 Å². The summed E-state index contributed by atoms with van der Waals surface area (Å²) in [5.41, 5.74) is 0.542. The van der Waals surface area contributed by atoms with Crippen LogP contribution < -0.4 is 4.72 Å². The first-order valence-electron chi connectivity index (χ1n) is 6.80. The van der Waals surface area contributed by atoms with Crippen molar-refractivity contribution in [3.63, 3.8) is 0 Å². The van der Waals surface area contributed by atoms with E-state index in [1.54, 1.807) is 43.0 Å². The molecule has 1 fully saturated rings. The number of nitrogens with zero attached hydrogens (tertiary/aromatic N) is 1. The molecule has 7 heteroatoms. The summed E-state index contributed by atoms with van der Waals surface area (Å²) in [4.78, 5) is 13.7. The number of carbonyl (C=O) groups is 1. The fourth-order valence-electron chi connectivity index (χ4n) is 2.16. The molecule has 0 aromatic heterocycles. The van der Waals surface area contributed by atoms with E-state index >= 15 is 0 Å². The van der Waals surface area contributed by atoms with Crippen molar-refractivity contribution < 1.29 is 18.3 Å². The molecular formula is C14H20N2O4S. The Morgan fingerprint density at radius 1 is 1.33 bits per heavy atom. The maximum atomic E-state index is 12.1. The summed E-state index contributed by atoms with van der Waals surface area (Å²) >= 11 is 0. The molecule has 0 bridgehead atoms. The van der Waals surface area contributed by atoms with Crippen LogP contribution in [0.5, 0.6) is 0 Å². The second-order valence-electron chi connectivity index (χ2n) is 5.58. The zero-order valence-electron chi connectivity index (χ0n) is 12.2. The van der Waals surface area contributed by atoms with Crippen LogP contribution in [0.3, 0.4) is 0 Å². The summed E-state index contributed by atoms with van der Waals surface area (Å²) in [5, 5.41) is 9.63. The van der Waals surface area contributed by atoms with Crippen molar-refractivity contribution in [2.45, 2.75) is 26.0 Å². The van der Waals surface area contributed by atoms with Crippen LogP contribution in [-0.2, 0) is 16.6 Å². The Labute approximate surface area is 124 Å². The van der Waals surface area contributed by atoms with E-state index in [0.717, 1.165) is 5.56 Å². The number of amides is 1. The van der Waals surface area contributed by atoms with Gasteiger partial charge in [0.2, 0.25) is 10.0 Å². The zero-order valence-corrected chi connectivity index (χ0v) is 13.0. The van der Waals surface area contributed by atoms with Gasteiger partial charge in [0.05, 0.1) is 24.4 Å². The van der Waals surface area contributed by atoms with Gasteiger partial charge in [-0.25, -0.2) is 13.1 Å². The van der Waals surface area contributed by atoms with Crippen LogP contribution in [0, 0.1) is 0 Å². The Morgan fingerprint density at radius 3 is 2.38 bits per heavy atom. The molecule has 0 saturated carbocycles. The lowest BCUT2D eigenvalue weighted by molar-refractivity contribution is -0.0668. The van der Waals surface area contributed by atoms with Gasteiger partial charge in [-0.15, -0.1) is 0 Å². The molecule has 21 heavy (non-hydrogen) atoms. The number of sulfonamides is 1. The summed E-state index contributed by atoms with van der Waals surface area (Å²) < 4.78 is 25.2. The van der Waals surface area contributed by atoms with Gasteiger partial charge in [0.25, 0.3) is 5.91 Å². The van der Waals surface area contributed by atoms with Crippen LogP contribution in [-0.4, -0.2) is 48.8 Å². The minimum atomic E-state index is -3.22. The van der Waals surface area contributed by atoms with Crippen molar-refractivity contribution in [3.05, 3.63) is 35.4 Å². The highest BCUT2D eigenvalue weighted by Gasteiger charge is 2.39. The largest absolute Gasteiger partial charge is 0.386 e. The fraction of sp³-hybridized carbons (Fsp3) is 0.500. The van der Waals surface area contributed by atoms with E-state index in [1.165, 1.54) is 0 Å². The molecule has 0 spiro atoms. The molecule has 1 saturated heterocycles. The molecule has 1 heterocycles. The molecule has 1 aromatic carbocycles. The molecule has 0 atom stereocenters. The van der Waals surface area contributed by atoms with Crippen molar-refractivity contribution in [3.8, 4) is 0 Å². The molecule has 0 unspecified atom stereocenters. The van der Waals surface area contributed by atoms with E-state index in [1.807, 2.05) is 0 Å². The molecule has 0 radical (unpaired) electrons. The molecule has 1 aliphatic heterocycles. The SMILES string of the molecule is CCS(=O)(=O)NCc1ccc(C(=O)N2CC(C)(O)C2)cc1. The van der Waals surface area contributed by atoms with Crippen molar-refractivity contribution in [2.75, 3.05) is 18.8 Å². The van der Waals surface area contributed by atoms with Crippen molar-refractivity contribution in [1.82, 2.24) is 9.62 Å². The molecule has 1 aromatic rings. The normalized spacial score (nSPS) is 17.4. The molecule has 116 valence electrons. The van der Waals surface area contributed by atoms with Crippen molar-refractivity contribution in [1.29, 1.82) is 0 Å². The number of rotatable bonds is 5. The average molecular weight is 312 g/mol. The number of aliphatic hydroxyl groups is 1. The summed E-state index contributed by atoms with van der Waals surface area (Å²) in [6.07, 6.45) is 0. The van der Waals surface area contributed by atoms with E-state index in [0.29, 0.717) is 18.7 Å². The molecular weight excluding hydrogens is 292 g/mol. The lowest BCUT2D eigenvalue weighted by Crippen LogP contribution is -2.61. The van der Waals surface area contributed by atoms with Crippen LogP contribution in [0.15, 0.2) is 24.3 Å². The summed E-state index contributed by atoms with van der Waals surface area (Å²) in [7, 11) is -3.22. The Kier molecular flexibility index (Phi) is 4.36. The van der Waals surface area contributed by atoms with E-state index in [-0.39, 0.29) is 18.2 Å². The van der Waals surface area contributed by atoms with Gasteiger partial charge in [0, 0.05) is 12.1 Å². The van der Waals surface area contributed by atoms with Gasteiger partial charge in [-0.1, -0.05) is 12.1 Å². The first kappa shape index (κ1) is 15.9. The molecule has 6 nitrogen and oxygen atoms in total. The standard InChI is InChI=1S/C14H20N2O4S/c1-3-21(19,20)15-8-11-4-6-12(7-5-11)13(17)16-9-14(2,18)10-16/h4-7,15,18H,3,8-10H2,1-2H3. The third kappa shape index (κ3) is 4.03. The highest BCUT2D eigenvalue weighted by Crippen LogP contribution is 2.22. The number of likely N-dealkylation sites (tertiary alicyclic amines) is 1. The van der Waals surface area contributed by atoms with Gasteiger partial charge in [0.1, 0.15) is 0 Å². The third-order valence-corrected chi connectivity index (χ3v) is 4.77. The van der Waals surface area contributed by atoms with Gasteiger partial charge >= 0.3 is 0 Å². The smallest absolute Gasteiger partial charge is 0.254 e. The Balaban J connectivity index is 1.95. The molecule has 1 aliphatic rings. The minimum Gasteiger partial charge on any atom is -0.386 e. The zero-order chi connectivity index (χ0) is 15.7. The van der Waals surface area contributed by atoms with Crippen LogP contribution in [0.25, 0.3) is 0 Å². The Hall–Kier alpha value is -1.44. The quantitative estimate of drug-likeness (QED) is 0.820. The van der Waals surface area contributed by atoms with E-state index in [4.69, 9.17) is 0 Å². The second kappa shape index (κ2) is 5.75. The summed E-state index contributed by atoms with van der Waals surface area (Å²) in [5.74, 6) is -0.0828. The first-order valence-corrected chi connectivity index (χ1v) is 8.45. The predicted molar refractivity (Wildman–Crippen MR) is 79.3 cm³/mol. The van der Waals surface area contributed by atoms with Gasteiger partial charge in [-0.05, 0) is 31.5 Å². The number of hydrogen-bond acceptors (Lipinski definition) is 4. The number of hydrogen-bond donors (Lipinski definition) is 2. The second-order valence-corrected chi connectivity index (χ2v) is 7.68. The van der Waals surface area contributed by atoms with Crippen molar-refractivity contribution >= 4 is 15.9 Å². The number of carbonyl (C=O) groups excluding carboxylic acids is 1. The Bertz CT molecular complexity index is 615. The van der Waals surface area contributed by atoms with E-state index in [9.17, 15) is 18.3 Å². The lowest BCUT2D eigenvalue weighted by Gasteiger charge is -2.44. The predicted octanol–water partition coefficient (Wildman–Crippen LogP) is 0.333. The van der Waals surface area contributed by atoms with Gasteiger partial charge in [-0.2, -0.15) is 0 Å².